The van der Waals surface area contributed by atoms with E-state index in [4.69, 9.17) is 0 Å². The highest BCUT2D eigenvalue weighted by Crippen LogP contribution is 2.24. The van der Waals surface area contributed by atoms with E-state index in [1.807, 2.05) is 31.4 Å². The van der Waals surface area contributed by atoms with E-state index in [9.17, 15) is 9.59 Å². The number of aryl methyl sites for hydroxylation is 1. The van der Waals surface area contributed by atoms with Crippen LogP contribution in [0.3, 0.4) is 0 Å². The average molecular weight is 331 g/mol. The maximum Gasteiger partial charge on any atom is 0.254 e. The number of benzene rings is 1. The minimum absolute atomic E-state index is 0.0800. The van der Waals surface area contributed by atoms with Crippen LogP contribution in [-0.4, -0.2) is 41.8 Å². The van der Waals surface area contributed by atoms with Gasteiger partial charge in [-0.3, -0.25) is 9.59 Å². The molecular formula is C17H21N3O2S. The van der Waals surface area contributed by atoms with Gasteiger partial charge in [-0.25, -0.2) is 4.98 Å². The molecule has 23 heavy (non-hydrogen) atoms. The van der Waals surface area contributed by atoms with Crippen molar-refractivity contribution in [3.8, 4) is 10.6 Å². The first-order valence-corrected chi connectivity index (χ1v) is 8.45. The van der Waals surface area contributed by atoms with Gasteiger partial charge in [0.15, 0.2) is 0 Å². The van der Waals surface area contributed by atoms with Gasteiger partial charge < -0.3 is 10.2 Å². The van der Waals surface area contributed by atoms with Gasteiger partial charge in [-0.1, -0.05) is 19.1 Å². The molecule has 0 unspecified atom stereocenters. The number of carbonyl (C=O) groups excluding carboxylic acids is 2. The summed E-state index contributed by atoms with van der Waals surface area (Å²) in [7, 11) is 1.57. The van der Waals surface area contributed by atoms with Gasteiger partial charge >= 0.3 is 0 Å². The Kier molecular flexibility index (Phi) is 5.87. The zero-order chi connectivity index (χ0) is 16.8. The molecule has 0 radical (unpaired) electrons. The number of nitrogens with one attached hydrogen (secondary N) is 1. The summed E-state index contributed by atoms with van der Waals surface area (Å²) in [5.41, 5.74) is 2.57. The van der Waals surface area contributed by atoms with Crippen LogP contribution in [0.15, 0.2) is 29.6 Å². The van der Waals surface area contributed by atoms with Crippen molar-refractivity contribution in [3.05, 3.63) is 40.9 Å². The molecule has 0 fully saturated rings. The van der Waals surface area contributed by atoms with Crippen molar-refractivity contribution in [1.29, 1.82) is 0 Å². The third-order valence-electron chi connectivity index (χ3n) is 3.39. The lowest BCUT2D eigenvalue weighted by Crippen LogP contribution is -2.40. The molecular weight excluding hydrogens is 310 g/mol. The normalized spacial score (nSPS) is 10.4. The summed E-state index contributed by atoms with van der Waals surface area (Å²) in [6.45, 7) is 4.58. The summed E-state index contributed by atoms with van der Waals surface area (Å²) in [6, 6.07) is 7.38. The van der Waals surface area contributed by atoms with Crippen molar-refractivity contribution in [1.82, 2.24) is 15.2 Å². The Balaban J connectivity index is 2.15. The van der Waals surface area contributed by atoms with Gasteiger partial charge in [0.1, 0.15) is 5.01 Å². The first-order chi connectivity index (χ1) is 11.0. The smallest absolute Gasteiger partial charge is 0.254 e. The monoisotopic (exact) mass is 331 g/mol. The minimum Gasteiger partial charge on any atom is -0.358 e. The van der Waals surface area contributed by atoms with Crippen molar-refractivity contribution >= 4 is 23.2 Å². The largest absolute Gasteiger partial charge is 0.358 e. The number of hydrogen-bond donors (Lipinski definition) is 1. The second-order valence-electron chi connectivity index (χ2n) is 5.27. The minimum atomic E-state index is -0.165. The number of amides is 2. The molecule has 1 aromatic carbocycles. The van der Waals surface area contributed by atoms with Crippen LogP contribution in [0.4, 0.5) is 0 Å². The number of thiazole rings is 1. The summed E-state index contributed by atoms with van der Waals surface area (Å²) in [5.74, 6) is -0.293. The second kappa shape index (κ2) is 7.87. The van der Waals surface area contributed by atoms with Crippen molar-refractivity contribution < 1.29 is 9.59 Å². The lowest BCUT2D eigenvalue weighted by atomic mass is 10.1. The molecule has 1 aromatic heterocycles. The predicted molar refractivity (Wildman–Crippen MR) is 92.5 cm³/mol. The summed E-state index contributed by atoms with van der Waals surface area (Å²) < 4.78 is 0. The van der Waals surface area contributed by atoms with Crippen molar-refractivity contribution in [2.75, 3.05) is 20.1 Å². The Bertz CT molecular complexity index is 679. The lowest BCUT2D eigenvalue weighted by molar-refractivity contribution is -0.121. The third-order valence-corrected chi connectivity index (χ3v) is 4.40. The molecule has 6 heteroatoms. The third kappa shape index (κ3) is 4.39. The zero-order valence-electron chi connectivity index (χ0n) is 13.6. The Morgan fingerprint density at radius 2 is 1.96 bits per heavy atom. The molecule has 0 saturated carbocycles. The molecule has 0 spiro atoms. The molecule has 0 saturated heterocycles. The molecule has 2 rings (SSSR count). The van der Waals surface area contributed by atoms with Crippen LogP contribution >= 0.6 is 11.3 Å². The highest BCUT2D eigenvalue weighted by molar-refractivity contribution is 7.13. The van der Waals surface area contributed by atoms with Crippen molar-refractivity contribution in [2.24, 2.45) is 0 Å². The molecule has 2 aromatic rings. The topological polar surface area (TPSA) is 62.3 Å². The van der Waals surface area contributed by atoms with E-state index in [2.05, 4.69) is 10.3 Å². The van der Waals surface area contributed by atoms with Gasteiger partial charge in [-0.05, 0) is 25.5 Å². The average Bonchev–Trinajstić information content (AvgIpc) is 3.00. The fraction of sp³-hybridized carbons (Fsp3) is 0.353. The number of likely N-dealkylation sites (N-methyl/N-ethyl adjacent to an activating group) is 1. The van der Waals surface area contributed by atoms with Gasteiger partial charge in [-0.15, -0.1) is 11.3 Å². The van der Waals surface area contributed by atoms with Crippen LogP contribution in [0, 0.1) is 6.92 Å². The quantitative estimate of drug-likeness (QED) is 0.885. The van der Waals surface area contributed by atoms with Gasteiger partial charge in [0.25, 0.3) is 5.91 Å². The standard InChI is InChI=1S/C17H21N3O2S/c1-4-9-20(10-15(21)18-3)17(22)14-7-5-13(6-8-14)16-19-12(2)11-23-16/h5-8,11H,4,9-10H2,1-3H3,(H,18,21). The molecule has 2 amide bonds. The van der Waals surface area contributed by atoms with Gasteiger partial charge in [0.2, 0.25) is 5.91 Å². The van der Waals surface area contributed by atoms with E-state index in [0.29, 0.717) is 12.1 Å². The van der Waals surface area contributed by atoms with E-state index in [1.54, 1.807) is 35.4 Å². The molecule has 1 heterocycles. The fourth-order valence-electron chi connectivity index (χ4n) is 2.20. The van der Waals surface area contributed by atoms with E-state index in [-0.39, 0.29) is 18.4 Å². The van der Waals surface area contributed by atoms with E-state index < -0.39 is 0 Å². The lowest BCUT2D eigenvalue weighted by Gasteiger charge is -2.21. The van der Waals surface area contributed by atoms with E-state index in [0.717, 1.165) is 22.7 Å². The Morgan fingerprint density at radius 3 is 2.48 bits per heavy atom. The van der Waals surface area contributed by atoms with Gasteiger partial charge in [0, 0.05) is 35.8 Å². The van der Waals surface area contributed by atoms with Crippen LogP contribution in [0.25, 0.3) is 10.6 Å². The number of nitrogens with zero attached hydrogens (tertiary/aromatic N) is 2. The Morgan fingerprint density at radius 1 is 1.26 bits per heavy atom. The van der Waals surface area contributed by atoms with E-state index >= 15 is 0 Å². The molecule has 0 aliphatic heterocycles. The van der Waals surface area contributed by atoms with Gasteiger partial charge in [-0.2, -0.15) is 0 Å². The Labute approximate surface area is 140 Å². The summed E-state index contributed by atoms with van der Waals surface area (Å²) in [4.78, 5) is 30.1. The van der Waals surface area contributed by atoms with E-state index in [1.165, 1.54) is 0 Å². The summed E-state index contributed by atoms with van der Waals surface area (Å²) in [5, 5.41) is 5.50. The highest BCUT2D eigenvalue weighted by atomic mass is 32.1. The van der Waals surface area contributed by atoms with Crippen molar-refractivity contribution in [3.63, 3.8) is 0 Å². The number of hydrogen-bond acceptors (Lipinski definition) is 4. The maximum atomic E-state index is 12.6. The molecule has 0 atom stereocenters. The molecule has 0 aliphatic carbocycles. The van der Waals surface area contributed by atoms with Crippen LogP contribution in [-0.2, 0) is 4.79 Å². The SMILES string of the molecule is CCCN(CC(=O)NC)C(=O)c1ccc(-c2nc(C)cs2)cc1. The van der Waals surface area contributed by atoms with Gasteiger partial charge in [0.05, 0.1) is 6.54 Å². The molecule has 0 aliphatic rings. The molecule has 0 bridgehead atoms. The summed E-state index contributed by atoms with van der Waals surface area (Å²) in [6.07, 6.45) is 0.805. The number of carbonyl (C=O) groups is 2. The first kappa shape index (κ1) is 17.1. The highest BCUT2D eigenvalue weighted by Gasteiger charge is 2.17. The maximum absolute atomic E-state index is 12.6. The predicted octanol–water partition coefficient (Wildman–Crippen LogP) is 2.72. The first-order valence-electron chi connectivity index (χ1n) is 7.57. The van der Waals surface area contributed by atoms with Crippen LogP contribution in [0.1, 0.15) is 29.4 Å². The zero-order valence-corrected chi connectivity index (χ0v) is 14.4. The second-order valence-corrected chi connectivity index (χ2v) is 6.13. The molecule has 5 nitrogen and oxygen atoms in total. The van der Waals surface area contributed by atoms with Crippen LogP contribution in [0.2, 0.25) is 0 Å². The fourth-order valence-corrected chi connectivity index (χ4v) is 3.00. The van der Waals surface area contributed by atoms with Crippen LogP contribution in [0.5, 0.6) is 0 Å². The Hall–Kier alpha value is -2.21. The number of aromatic nitrogens is 1. The summed E-state index contributed by atoms with van der Waals surface area (Å²) >= 11 is 1.58. The molecule has 1 N–H and O–H groups in total. The molecule has 122 valence electrons. The van der Waals surface area contributed by atoms with Crippen molar-refractivity contribution in [2.45, 2.75) is 20.3 Å². The van der Waals surface area contributed by atoms with Crippen LogP contribution < -0.4 is 5.32 Å². The number of rotatable bonds is 6.